The van der Waals surface area contributed by atoms with Gasteiger partial charge in [0.15, 0.2) is 0 Å². The largest absolute Gasteiger partial charge is 0.416 e. The van der Waals surface area contributed by atoms with E-state index in [1.54, 1.807) is 6.20 Å². The number of carbonyl (C=O) groups is 2. The van der Waals surface area contributed by atoms with Gasteiger partial charge in [0.2, 0.25) is 11.8 Å². The molecule has 2 saturated heterocycles. The van der Waals surface area contributed by atoms with Gasteiger partial charge in [-0.25, -0.2) is 0 Å². The van der Waals surface area contributed by atoms with Gasteiger partial charge in [-0.1, -0.05) is 0 Å². The third kappa shape index (κ3) is 3.75. The van der Waals surface area contributed by atoms with Crippen LogP contribution in [0.4, 0.5) is 18.9 Å². The van der Waals surface area contributed by atoms with Crippen molar-refractivity contribution < 1.29 is 22.8 Å². The molecule has 0 radical (unpaired) electrons. The highest BCUT2D eigenvalue weighted by Crippen LogP contribution is 2.48. The molecule has 0 spiro atoms. The van der Waals surface area contributed by atoms with Crippen molar-refractivity contribution in [1.82, 2.24) is 14.8 Å². The predicted molar refractivity (Wildman–Crippen MR) is 134 cm³/mol. The van der Waals surface area contributed by atoms with Gasteiger partial charge in [0.1, 0.15) is 0 Å². The van der Waals surface area contributed by atoms with Crippen LogP contribution in [0.2, 0.25) is 0 Å². The standard InChI is InChI=1S/C27H25F3N4O2S/c28-27(29,30)17-8-15-2-1-6-33-18-5-7-32(13-18)12-16-11-31-21-10-19(14-34-22(35)3-4-23(34)36)37-26(21)24(16)20(9-17)25(15)33/h8-11,18H,1-7,12-14H2/t18-/m1/s1. The first kappa shape index (κ1) is 23.2. The van der Waals surface area contributed by atoms with E-state index in [0.29, 0.717) is 24.0 Å². The highest BCUT2D eigenvalue weighted by Gasteiger charge is 2.39. The Kier molecular flexibility index (Phi) is 5.17. The number of amides is 2. The van der Waals surface area contributed by atoms with Gasteiger partial charge in [0, 0.05) is 73.0 Å². The van der Waals surface area contributed by atoms with E-state index in [0.717, 1.165) is 64.4 Å². The van der Waals surface area contributed by atoms with Crippen LogP contribution in [-0.4, -0.2) is 52.3 Å². The number of anilines is 1. The Labute approximate surface area is 215 Å². The first-order valence-corrected chi connectivity index (χ1v) is 13.5. The zero-order chi connectivity index (χ0) is 25.5. The summed E-state index contributed by atoms with van der Waals surface area (Å²) in [6, 6.07) is 4.82. The minimum Gasteiger partial charge on any atom is -0.366 e. The van der Waals surface area contributed by atoms with Gasteiger partial charge in [-0.3, -0.25) is 24.4 Å². The van der Waals surface area contributed by atoms with Gasteiger partial charge in [0.05, 0.1) is 22.3 Å². The second kappa shape index (κ2) is 8.26. The number of likely N-dealkylation sites (tertiary alicyclic amines) is 1. The van der Waals surface area contributed by atoms with E-state index in [2.05, 4.69) is 9.80 Å². The zero-order valence-electron chi connectivity index (χ0n) is 20.1. The number of aromatic nitrogens is 1. The first-order valence-electron chi connectivity index (χ1n) is 12.7. The number of aryl methyl sites for hydroxylation is 1. The second-order valence-corrected chi connectivity index (χ2v) is 11.6. The average molecular weight is 527 g/mol. The molecule has 0 saturated carbocycles. The Morgan fingerprint density at radius 3 is 2.62 bits per heavy atom. The molecular formula is C27H25F3N4O2S. The molecule has 2 atom stereocenters. The fourth-order valence-corrected chi connectivity index (χ4v) is 7.64. The van der Waals surface area contributed by atoms with Crippen LogP contribution in [0.1, 0.15) is 47.3 Å². The molecule has 0 N–H and O–H groups in total. The fourth-order valence-electron chi connectivity index (χ4n) is 6.46. The van der Waals surface area contributed by atoms with E-state index in [4.69, 9.17) is 4.98 Å². The highest BCUT2D eigenvalue weighted by atomic mass is 32.1. The van der Waals surface area contributed by atoms with Crippen LogP contribution in [0.3, 0.4) is 0 Å². The van der Waals surface area contributed by atoms with Crippen molar-refractivity contribution in [2.45, 2.75) is 57.4 Å². The number of benzene rings is 1. The van der Waals surface area contributed by atoms with Crippen molar-refractivity contribution >= 4 is 39.1 Å². The molecule has 1 unspecified atom stereocenters. The van der Waals surface area contributed by atoms with E-state index in [1.807, 2.05) is 6.07 Å². The lowest BCUT2D eigenvalue weighted by atomic mass is 9.89. The quantitative estimate of drug-likeness (QED) is 0.442. The molecule has 192 valence electrons. The van der Waals surface area contributed by atoms with Gasteiger partial charge in [-0.15, -0.1) is 11.3 Å². The van der Waals surface area contributed by atoms with Crippen LogP contribution >= 0.6 is 11.3 Å². The Hall–Kier alpha value is -2.98. The van der Waals surface area contributed by atoms with E-state index in [-0.39, 0.29) is 37.2 Å². The molecule has 2 aromatic heterocycles. The Bertz CT molecular complexity index is 1450. The third-order valence-electron chi connectivity index (χ3n) is 8.14. The maximum Gasteiger partial charge on any atom is 0.416 e. The maximum absolute atomic E-state index is 14.1. The maximum atomic E-state index is 14.1. The molecule has 2 fully saturated rings. The third-order valence-corrected chi connectivity index (χ3v) is 9.27. The van der Waals surface area contributed by atoms with Gasteiger partial charge >= 0.3 is 6.18 Å². The van der Waals surface area contributed by atoms with Crippen LogP contribution < -0.4 is 4.90 Å². The lowest BCUT2D eigenvalue weighted by Crippen LogP contribution is -2.41. The molecule has 10 heteroatoms. The number of imide groups is 1. The number of rotatable bonds is 2. The van der Waals surface area contributed by atoms with Crippen molar-refractivity contribution in [1.29, 1.82) is 0 Å². The number of halogens is 3. The summed E-state index contributed by atoms with van der Waals surface area (Å²) in [7, 11) is 0. The second-order valence-electron chi connectivity index (χ2n) is 10.5. The number of thiophene rings is 1. The van der Waals surface area contributed by atoms with Crippen molar-refractivity contribution in [2.75, 3.05) is 24.5 Å². The fraction of sp³-hybridized carbons (Fsp3) is 0.444. The molecule has 6 nitrogen and oxygen atoms in total. The van der Waals surface area contributed by atoms with Crippen molar-refractivity contribution in [3.8, 4) is 11.1 Å². The zero-order valence-corrected chi connectivity index (χ0v) is 20.9. The van der Waals surface area contributed by atoms with Crippen LogP contribution in [0.5, 0.6) is 0 Å². The van der Waals surface area contributed by atoms with Crippen LogP contribution in [0.15, 0.2) is 24.4 Å². The number of fused-ring (bicyclic) bond motifs is 7. The molecule has 1 aromatic carbocycles. The number of carbonyl (C=O) groups excluding carboxylic acids is 2. The van der Waals surface area contributed by atoms with E-state index in [9.17, 15) is 22.8 Å². The number of alkyl halides is 3. The summed E-state index contributed by atoms with van der Waals surface area (Å²) in [5, 5.41) is 0. The summed E-state index contributed by atoms with van der Waals surface area (Å²) in [5.74, 6) is -0.373. The van der Waals surface area contributed by atoms with Gasteiger partial charge in [0.25, 0.3) is 0 Å². The highest BCUT2D eigenvalue weighted by molar-refractivity contribution is 7.19. The Morgan fingerprint density at radius 1 is 1.03 bits per heavy atom. The lowest BCUT2D eigenvalue weighted by Gasteiger charge is -2.38. The lowest BCUT2D eigenvalue weighted by molar-refractivity contribution is -0.139. The molecule has 37 heavy (non-hydrogen) atoms. The van der Waals surface area contributed by atoms with E-state index >= 15 is 0 Å². The summed E-state index contributed by atoms with van der Waals surface area (Å²) in [5.41, 5.74) is 4.12. The predicted octanol–water partition coefficient (Wildman–Crippen LogP) is 4.97. The first-order chi connectivity index (χ1) is 17.8. The normalized spacial score (nSPS) is 23.2. The monoisotopic (exact) mass is 526 g/mol. The minimum atomic E-state index is -4.45. The Morgan fingerprint density at radius 2 is 1.84 bits per heavy atom. The van der Waals surface area contributed by atoms with E-state index < -0.39 is 11.7 Å². The van der Waals surface area contributed by atoms with Gasteiger partial charge in [-0.2, -0.15) is 13.2 Å². The summed E-state index contributed by atoms with van der Waals surface area (Å²) in [4.78, 5) is 35.9. The molecule has 7 rings (SSSR count). The van der Waals surface area contributed by atoms with Gasteiger partial charge < -0.3 is 4.90 Å². The number of hydrogen-bond donors (Lipinski definition) is 0. The molecule has 4 aliphatic rings. The molecular weight excluding hydrogens is 501 g/mol. The molecule has 6 heterocycles. The van der Waals surface area contributed by atoms with Gasteiger partial charge in [-0.05, 0) is 48.6 Å². The molecule has 0 aliphatic carbocycles. The topological polar surface area (TPSA) is 56.8 Å². The summed E-state index contributed by atoms with van der Waals surface area (Å²) in [6.45, 7) is 3.46. The Balaban J connectivity index is 1.47. The van der Waals surface area contributed by atoms with Crippen molar-refractivity contribution in [3.63, 3.8) is 0 Å². The number of hydrogen-bond acceptors (Lipinski definition) is 6. The van der Waals surface area contributed by atoms with Crippen LogP contribution in [0.25, 0.3) is 21.3 Å². The molecule has 4 aliphatic heterocycles. The van der Waals surface area contributed by atoms with Crippen molar-refractivity contribution in [3.05, 3.63) is 46.0 Å². The minimum absolute atomic E-state index is 0.175. The van der Waals surface area contributed by atoms with E-state index in [1.165, 1.54) is 28.4 Å². The SMILES string of the molecule is O=C1CCC(=O)N1Cc1cc2ncc3c(c2s1)-c1cc(C(F)(F)F)cc2c1N(CCC2)[C@@H]1CCN(C3)C1. The summed E-state index contributed by atoms with van der Waals surface area (Å²) in [6.07, 6.45) is 0.256. The number of nitrogens with zero attached hydrogens (tertiary/aromatic N) is 4. The smallest absolute Gasteiger partial charge is 0.366 e. The van der Waals surface area contributed by atoms with Crippen LogP contribution in [-0.2, 0) is 35.3 Å². The summed E-state index contributed by atoms with van der Waals surface area (Å²) >= 11 is 1.43. The van der Waals surface area contributed by atoms with Crippen LogP contribution in [0, 0.1) is 0 Å². The molecule has 2 amide bonds. The average Bonchev–Trinajstić information content (AvgIpc) is 3.58. The number of pyridine rings is 1. The summed E-state index contributed by atoms with van der Waals surface area (Å²) < 4.78 is 43.1. The molecule has 2 bridgehead atoms. The van der Waals surface area contributed by atoms with Crippen molar-refractivity contribution in [2.24, 2.45) is 0 Å². The molecule has 3 aromatic rings.